The Balaban J connectivity index is 0.000000640. The number of aliphatic carboxylic acids is 1. The van der Waals surface area contributed by atoms with Gasteiger partial charge in [-0.1, -0.05) is 83.1 Å². The Morgan fingerprint density at radius 2 is 1.33 bits per heavy atom. The van der Waals surface area contributed by atoms with Crippen LogP contribution in [-0.2, 0) is 17.8 Å². The third-order valence-corrected chi connectivity index (χ3v) is 4.07. The molecule has 0 spiro atoms. The van der Waals surface area contributed by atoms with Crippen LogP contribution in [0.15, 0.2) is 24.3 Å². The van der Waals surface area contributed by atoms with Crippen molar-refractivity contribution in [2.24, 2.45) is 5.73 Å². The molecule has 138 valence electrons. The first-order chi connectivity index (χ1) is 11.6. The summed E-state index contributed by atoms with van der Waals surface area (Å²) in [5, 5.41) is 8.04. The lowest BCUT2D eigenvalue weighted by Gasteiger charge is -2.03. The van der Waals surface area contributed by atoms with Gasteiger partial charge in [-0.05, 0) is 30.4 Å². The highest BCUT2D eigenvalue weighted by Crippen LogP contribution is 2.11. The van der Waals surface area contributed by atoms with E-state index in [1.165, 1.54) is 62.5 Å². The lowest BCUT2D eigenvalue weighted by molar-refractivity contribution is -0.137. The summed E-state index contributed by atoms with van der Waals surface area (Å²) in [6, 6.07) is 8.74. The lowest BCUT2D eigenvalue weighted by atomic mass is 10.0. The highest BCUT2D eigenvalue weighted by Gasteiger charge is 1.95. The predicted molar refractivity (Wildman–Crippen MR) is 103 cm³/mol. The molecule has 0 fully saturated rings. The van der Waals surface area contributed by atoms with Crippen molar-refractivity contribution in [2.45, 2.75) is 91.0 Å². The van der Waals surface area contributed by atoms with Crippen LogP contribution in [-0.4, -0.2) is 11.1 Å². The second-order valence-corrected chi connectivity index (χ2v) is 6.39. The Morgan fingerprint density at radius 1 is 0.833 bits per heavy atom. The van der Waals surface area contributed by atoms with E-state index in [0.717, 1.165) is 12.8 Å². The molecule has 0 saturated carbocycles. The van der Waals surface area contributed by atoms with Crippen LogP contribution in [0.5, 0.6) is 0 Å². The van der Waals surface area contributed by atoms with Crippen molar-refractivity contribution in [1.82, 2.24) is 0 Å². The van der Waals surface area contributed by atoms with Gasteiger partial charge in [0, 0.05) is 13.0 Å². The number of aryl methyl sites for hydroxylation is 1. The van der Waals surface area contributed by atoms with Crippen LogP contribution < -0.4 is 5.73 Å². The van der Waals surface area contributed by atoms with E-state index < -0.39 is 5.97 Å². The fourth-order valence-electron chi connectivity index (χ4n) is 2.46. The fraction of sp³-hybridized carbons (Fsp3) is 0.667. The molecule has 3 heteroatoms. The second-order valence-electron chi connectivity index (χ2n) is 6.39. The number of benzene rings is 1. The number of carboxylic acid groups (broad SMARTS) is 1. The van der Waals surface area contributed by atoms with Gasteiger partial charge in [0.1, 0.15) is 0 Å². The second kappa shape index (κ2) is 16.5. The normalized spacial score (nSPS) is 10.1. The zero-order chi connectivity index (χ0) is 18.0. The van der Waals surface area contributed by atoms with E-state index in [4.69, 9.17) is 10.8 Å². The monoisotopic (exact) mass is 335 g/mol. The quantitative estimate of drug-likeness (QED) is 0.482. The average Bonchev–Trinajstić information content (AvgIpc) is 2.60. The molecular weight excluding hydrogens is 298 g/mol. The summed E-state index contributed by atoms with van der Waals surface area (Å²) in [6.07, 6.45) is 13.0. The van der Waals surface area contributed by atoms with Gasteiger partial charge in [-0.15, -0.1) is 0 Å². The van der Waals surface area contributed by atoms with Crippen LogP contribution in [0.4, 0.5) is 0 Å². The predicted octanol–water partition coefficient (Wildman–Crippen LogP) is 5.70. The van der Waals surface area contributed by atoms with Gasteiger partial charge in [-0.2, -0.15) is 0 Å². The van der Waals surface area contributed by atoms with E-state index >= 15 is 0 Å². The molecule has 0 atom stereocenters. The molecule has 0 aliphatic heterocycles. The minimum atomic E-state index is -0.693. The number of hydrogen-bond acceptors (Lipinski definition) is 2. The molecule has 0 aliphatic rings. The highest BCUT2D eigenvalue weighted by molar-refractivity contribution is 5.66. The summed E-state index contributed by atoms with van der Waals surface area (Å²) in [5.41, 5.74) is 8.26. The molecule has 3 N–H and O–H groups in total. The van der Waals surface area contributed by atoms with E-state index in [1.54, 1.807) is 0 Å². The smallest absolute Gasteiger partial charge is 0.303 e. The minimum Gasteiger partial charge on any atom is -0.481 e. The number of unbranched alkanes of at least 4 members (excludes halogenated alkanes) is 7. The van der Waals surface area contributed by atoms with Crippen LogP contribution in [0.3, 0.4) is 0 Å². The molecule has 0 aliphatic carbocycles. The molecule has 0 amide bonds. The Hall–Kier alpha value is -1.35. The Bertz CT molecular complexity index is 401. The van der Waals surface area contributed by atoms with Gasteiger partial charge in [-0.25, -0.2) is 0 Å². The minimum absolute atomic E-state index is 0.316. The summed E-state index contributed by atoms with van der Waals surface area (Å²) in [5.74, 6) is -0.693. The zero-order valence-corrected chi connectivity index (χ0v) is 15.7. The molecule has 24 heavy (non-hydrogen) atoms. The van der Waals surface area contributed by atoms with Crippen molar-refractivity contribution in [3.05, 3.63) is 35.4 Å². The number of rotatable bonds is 12. The van der Waals surface area contributed by atoms with Crippen molar-refractivity contribution >= 4 is 5.97 Å². The SMILES string of the molecule is CCCCC(=O)O.CCCCCCCCCc1ccc(CN)cc1. The van der Waals surface area contributed by atoms with E-state index in [0.29, 0.717) is 13.0 Å². The average molecular weight is 336 g/mol. The molecule has 1 aromatic carbocycles. The van der Waals surface area contributed by atoms with Gasteiger partial charge in [0.25, 0.3) is 0 Å². The van der Waals surface area contributed by atoms with Crippen LogP contribution in [0.25, 0.3) is 0 Å². The number of hydrogen-bond donors (Lipinski definition) is 2. The third kappa shape index (κ3) is 14.3. The molecule has 3 nitrogen and oxygen atoms in total. The van der Waals surface area contributed by atoms with Gasteiger partial charge in [0.2, 0.25) is 0 Å². The molecule has 0 radical (unpaired) electrons. The van der Waals surface area contributed by atoms with E-state index in [9.17, 15) is 4.79 Å². The van der Waals surface area contributed by atoms with Gasteiger partial charge in [0.05, 0.1) is 0 Å². The van der Waals surface area contributed by atoms with Crippen LogP contribution in [0, 0.1) is 0 Å². The Kier molecular flexibility index (Phi) is 15.6. The summed E-state index contributed by atoms with van der Waals surface area (Å²) < 4.78 is 0. The summed E-state index contributed by atoms with van der Waals surface area (Å²) in [7, 11) is 0. The van der Waals surface area contributed by atoms with Crippen molar-refractivity contribution in [3.63, 3.8) is 0 Å². The van der Waals surface area contributed by atoms with E-state index in [1.807, 2.05) is 6.92 Å². The van der Waals surface area contributed by atoms with Crippen molar-refractivity contribution in [3.8, 4) is 0 Å². The number of carbonyl (C=O) groups is 1. The van der Waals surface area contributed by atoms with Crippen LogP contribution in [0.1, 0.15) is 89.2 Å². The Labute approximate surface area is 148 Å². The zero-order valence-electron chi connectivity index (χ0n) is 15.7. The molecule has 1 aromatic rings. The van der Waals surface area contributed by atoms with E-state index in [2.05, 4.69) is 31.2 Å². The maximum absolute atomic E-state index is 9.76. The summed E-state index contributed by atoms with van der Waals surface area (Å²) in [4.78, 5) is 9.76. The Morgan fingerprint density at radius 3 is 1.79 bits per heavy atom. The summed E-state index contributed by atoms with van der Waals surface area (Å²) in [6.45, 7) is 4.89. The van der Waals surface area contributed by atoms with Crippen LogP contribution in [0.2, 0.25) is 0 Å². The third-order valence-electron chi connectivity index (χ3n) is 4.07. The molecule has 1 rings (SSSR count). The maximum Gasteiger partial charge on any atom is 0.303 e. The first kappa shape index (κ1) is 22.6. The van der Waals surface area contributed by atoms with Crippen molar-refractivity contribution < 1.29 is 9.90 Å². The largest absolute Gasteiger partial charge is 0.481 e. The molecule has 0 bridgehead atoms. The number of carboxylic acids is 1. The molecule has 0 unspecified atom stereocenters. The molecule has 0 aromatic heterocycles. The standard InChI is InChI=1S/C16H27N.C5H10O2/c1-2-3-4-5-6-7-8-9-15-10-12-16(14-17)13-11-15;1-2-3-4-5(6)7/h10-13H,2-9,14,17H2,1H3;2-4H2,1H3,(H,6,7). The first-order valence-electron chi connectivity index (χ1n) is 9.63. The molecular formula is C21H37NO2. The first-order valence-corrected chi connectivity index (χ1v) is 9.63. The van der Waals surface area contributed by atoms with Gasteiger partial charge >= 0.3 is 5.97 Å². The molecule has 0 saturated heterocycles. The van der Waals surface area contributed by atoms with Crippen molar-refractivity contribution in [1.29, 1.82) is 0 Å². The fourth-order valence-corrected chi connectivity index (χ4v) is 2.46. The van der Waals surface area contributed by atoms with Crippen molar-refractivity contribution in [2.75, 3.05) is 0 Å². The molecule has 0 heterocycles. The van der Waals surface area contributed by atoms with Gasteiger partial charge < -0.3 is 10.8 Å². The highest BCUT2D eigenvalue weighted by atomic mass is 16.4. The topological polar surface area (TPSA) is 63.3 Å². The van der Waals surface area contributed by atoms with E-state index in [-0.39, 0.29) is 0 Å². The van der Waals surface area contributed by atoms with Gasteiger partial charge in [0.15, 0.2) is 0 Å². The summed E-state index contributed by atoms with van der Waals surface area (Å²) >= 11 is 0. The lowest BCUT2D eigenvalue weighted by Crippen LogP contribution is -1.96. The number of nitrogens with two attached hydrogens (primary N) is 1. The van der Waals surface area contributed by atoms with Gasteiger partial charge in [-0.3, -0.25) is 4.79 Å². The maximum atomic E-state index is 9.76. The van der Waals surface area contributed by atoms with Crippen LogP contribution >= 0.6 is 0 Å².